The average molecular weight is 359 g/mol. The number of methoxy groups -OCH3 is 2. The predicted octanol–water partition coefficient (Wildman–Crippen LogP) is 2.79. The van der Waals surface area contributed by atoms with Crippen LogP contribution in [-0.4, -0.2) is 46.6 Å². The first-order valence-electron chi connectivity index (χ1n) is 8.68. The molecule has 1 aliphatic rings. The van der Waals surface area contributed by atoms with Gasteiger partial charge in [0.25, 0.3) is 0 Å². The molecule has 3 rings (SSSR count). The highest BCUT2D eigenvalue weighted by atomic mass is 16.7. The van der Waals surface area contributed by atoms with E-state index in [0.29, 0.717) is 43.6 Å². The third-order valence-corrected chi connectivity index (χ3v) is 4.10. The highest BCUT2D eigenvalue weighted by Gasteiger charge is 2.26. The summed E-state index contributed by atoms with van der Waals surface area (Å²) >= 11 is 0. The summed E-state index contributed by atoms with van der Waals surface area (Å²) in [4.78, 5) is 0. The van der Waals surface area contributed by atoms with Gasteiger partial charge in [0.2, 0.25) is 5.75 Å². The molecule has 1 saturated heterocycles. The number of nitrogens with one attached hydrogen (secondary N) is 1. The summed E-state index contributed by atoms with van der Waals surface area (Å²) in [7, 11) is 3.22. The van der Waals surface area contributed by atoms with Gasteiger partial charge >= 0.3 is 0 Å². The number of hydrogen-bond donors (Lipinski definition) is 1. The van der Waals surface area contributed by atoms with E-state index in [4.69, 9.17) is 23.7 Å². The van der Waals surface area contributed by atoms with Crippen molar-refractivity contribution < 1.29 is 23.7 Å². The maximum Gasteiger partial charge on any atom is 0.203 e. The Bertz CT molecular complexity index is 657. The number of ether oxygens (including phenoxy) is 5. The van der Waals surface area contributed by atoms with Crippen LogP contribution >= 0.6 is 0 Å². The lowest BCUT2D eigenvalue weighted by Gasteiger charge is -2.15. The Morgan fingerprint density at radius 1 is 1.00 bits per heavy atom. The van der Waals surface area contributed by atoms with Crippen LogP contribution in [0.4, 0.5) is 0 Å². The van der Waals surface area contributed by atoms with Gasteiger partial charge in [0, 0.05) is 18.7 Å². The normalized spacial score (nSPS) is 19.3. The van der Waals surface area contributed by atoms with Crippen molar-refractivity contribution in [2.24, 2.45) is 0 Å². The zero-order valence-corrected chi connectivity index (χ0v) is 15.1. The van der Waals surface area contributed by atoms with Crippen molar-refractivity contribution in [1.29, 1.82) is 0 Å². The molecule has 0 aromatic heterocycles. The van der Waals surface area contributed by atoms with Gasteiger partial charge in [-0.25, -0.2) is 0 Å². The molecular weight excluding hydrogens is 334 g/mol. The van der Waals surface area contributed by atoms with Crippen molar-refractivity contribution in [3.05, 3.63) is 54.1 Å². The van der Waals surface area contributed by atoms with Crippen molar-refractivity contribution >= 4 is 0 Å². The molecule has 0 spiro atoms. The topological polar surface area (TPSA) is 58.2 Å². The molecule has 2 aromatic rings. The van der Waals surface area contributed by atoms with Gasteiger partial charge in [0.15, 0.2) is 17.8 Å². The standard InChI is InChI=1S/C20H25NO5/c1-22-17-9-6-10-18(23-2)19(17)24-12-11-21-13-16-14-25-20(26-16)15-7-4-3-5-8-15/h3-10,16,20-21H,11-14H2,1-2H3/t16-,20+/m1/s1. The fraction of sp³-hybridized carbons (Fsp3) is 0.400. The molecule has 1 N–H and O–H groups in total. The van der Waals surface area contributed by atoms with Crippen molar-refractivity contribution in [2.75, 3.05) is 40.5 Å². The van der Waals surface area contributed by atoms with E-state index in [1.54, 1.807) is 14.2 Å². The zero-order valence-electron chi connectivity index (χ0n) is 15.1. The fourth-order valence-corrected chi connectivity index (χ4v) is 2.79. The second-order valence-electron chi connectivity index (χ2n) is 5.88. The molecule has 1 aliphatic heterocycles. The first-order chi connectivity index (χ1) is 12.8. The van der Waals surface area contributed by atoms with Crippen LogP contribution in [0.3, 0.4) is 0 Å². The zero-order chi connectivity index (χ0) is 18.2. The van der Waals surface area contributed by atoms with Gasteiger partial charge in [0.1, 0.15) is 6.61 Å². The molecular formula is C20H25NO5. The van der Waals surface area contributed by atoms with Crippen LogP contribution in [0.2, 0.25) is 0 Å². The molecule has 2 aromatic carbocycles. The highest BCUT2D eigenvalue weighted by Crippen LogP contribution is 2.36. The first kappa shape index (κ1) is 18.5. The van der Waals surface area contributed by atoms with Gasteiger partial charge in [-0.2, -0.15) is 0 Å². The van der Waals surface area contributed by atoms with Gasteiger partial charge in [-0.05, 0) is 12.1 Å². The SMILES string of the molecule is COc1cccc(OC)c1OCCNC[C@@H]1CO[C@H](c2ccccc2)O1. The second-order valence-corrected chi connectivity index (χ2v) is 5.88. The second kappa shape index (κ2) is 9.43. The van der Waals surface area contributed by atoms with E-state index in [9.17, 15) is 0 Å². The molecule has 0 saturated carbocycles. The number of hydrogen-bond acceptors (Lipinski definition) is 6. The Kier molecular flexibility index (Phi) is 6.71. The third kappa shape index (κ3) is 4.66. The molecule has 140 valence electrons. The minimum atomic E-state index is -0.280. The van der Waals surface area contributed by atoms with Crippen LogP contribution in [0, 0.1) is 0 Å². The van der Waals surface area contributed by atoms with Crippen LogP contribution in [0.5, 0.6) is 17.2 Å². The fourth-order valence-electron chi connectivity index (χ4n) is 2.79. The molecule has 0 bridgehead atoms. The van der Waals surface area contributed by atoms with E-state index in [0.717, 1.165) is 5.56 Å². The molecule has 0 aliphatic carbocycles. The van der Waals surface area contributed by atoms with E-state index >= 15 is 0 Å². The Morgan fingerprint density at radius 3 is 2.42 bits per heavy atom. The van der Waals surface area contributed by atoms with Gasteiger partial charge in [0.05, 0.1) is 26.9 Å². The molecule has 0 amide bonds. The van der Waals surface area contributed by atoms with Crippen LogP contribution in [0.25, 0.3) is 0 Å². The van der Waals surface area contributed by atoms with Crippen LogP contribution in [-0.2, 0) is 9.47 Å². The minimum absolute atomic E-state index is 0.0287. The van der Waals surface area contributed by atoms with Crippen LogP contribution < -0.4 is 19.5 Å². The molecule has 1 fully saturated rings. The Morgan fingerprint density at radius 2 is 1.73 bits per heavy atom. The Labute approximate surface area is 154 Å². The van der Waals surface area contributed by atoms with E-state index in [2.05, 4.69) is 5.32 Å². The molecule has 6 nitrogen and oxygen atoms in total. The maximum absolute atomic E-state index is 5.92. The molecule has 26 heavy (non-hydrogen) atoms. The quantitative estimate of drug-likeness (QED) is 0.695. The van der Waals surface area contributed by atoms with Crippen molar-refractivity contribution in [3.63, 3.8) is 0 Å². The summed E-state index contributed by atoms with van der Waals surface area (Å²) in [5.41, 5.74) is 1.04. The number of benzene rings is 2. The summed E-state index contributed by atoms with van der Waals surface area (Å²) < 4.78 is 28.1. The van der Waals surface area contributed by atoms with Crippen molar-refractivity contribution in [2.45, 2.75) is 12.4 Å². The van der Waals surface area contributed by atoms with Gasteiger partial charge in [-0.1, -0.05) is 36.4 Å². The van der Waals surface area contributed by atoms with Crippen molar-refractivity contribution in [1.82, 2.24) is 5.32 Å². The average Bonchev–Trinajstić information content (AvgIpc) is 3.17. The first-order valence-corrected chi connectivity index (χ1v) is 8.68. The van der Waals surface area contributed by atoms with Gasteiger partial charge in [-0.3, -0.25) is 0 Å². The summed E-state index contributed by atoms with van der Waals surface area (Å²) in [6.45, 7) is 2.45. The monoisotopic (exact) mass is 359 g/mol. The lowest BCUT2D eigenvalue weighted by molar-refractivity contribution is -0.0596. The van der Waals surface area contributed by atoms with Crippen molar-refractivity contribution in [3.8, 4) is 17.2 Å². The molecule has 0 unspecified atom stereocenters. The van der Waals surface area contributed by atoms with E-state index < -0.39 is 0 Å². The van der Waals surface area contributed by atoms with Gasteiger partial charge in [-0.15, -0.1) is 0 Å². The summed E-state index contributed by atoms with van der Waals surface area (Å²) in [5.74, 6) is 1.93. The molecule has 2 atom stereocenters. The highest BCUT2D eigenvalue weighted by molar-refractivity contribution is 5.51. The Balaban J connectivity index is 1.39. The summed E-state index contributed by atoms with van der Waals surface area (Å²) in [5, 5.41) is 3.33. The third-order valence-electron chi connectivity index (χ3n) is 4.10. The van der Waals surface area contributed by atoms with Gasteiger partial charge < -0.3 is 29.0 Å². The molecule has 1 heterocycles. The maximum atomic E-state index is 5.92. The van der Waals surface area contributed by atoms with E-state index in [1.807, 2.05) is 48.5 Å². The predicted molar refractivity (Wildman–Crippen MR) is 97.9 cm³/mol. The molecule has 6 heteroatoms. The van der Waals surface area contributed by atoms with Crippen LogP contribution in [0.15, 0.2) is 48.5 Å². The Hall–Kier alpha value is -2.28. The molecule has 0 radical (unpaired) electrons. The minimum Gasteiger partial charge on any atom is -0.493 e. The van der Waals surface area contributed by atoms with Crippen LogP contribution in [0.1, 0.15) is 11.9 Å². The van der Waals surface area contributed by atoms with E-state index in [1.165, 1.54) is 0 Å². The largest absolute Gasteiger partial charge is 0.493 e. The number of rotatable bonds is 9. The lowest BCUT2D eigenvalue weighted by atomic mass is 10.2. The summed E-state index contributed by atoms with van der Waals surface area (Å²) in [6, 6.07) is 15.5. The number of para-hydroxylation sites is 1. The smallest absolute Gasteiger partial charge is 0.203 e. The summed E-state index contributed by atoms with van der Waals surface area (Å²) in [6.07, 6.45) is -0.252. The lowest BCUT2D eigenvalue weighted by Crippen LogP contribution is -2.31. The van der Waals surface area contributed by atoms with E-state index in [-0.39, 0.29) is 12.4 Å².